The van der Waals surface area contributed by atoms with E-state index < -0.39 is 6.10 Å². The maximum absolute atomic E-state index is 10.1. The van der Waals surface area contributed by atoms with Gasteiger partial charge in [0.15, 0.2) is 0 Å². The van der Waals surface area contributed by atoms with Gasteiger partial charge in [0, 0.05) is 13.0 Å². The van der Waals surface area contributed by atoms with Gasteiger partial charge < -0.3 is 10.2 Å². The zero-order chi connectivity index (χ0) is 14.8. The van der Waals surface area contributed by atoms with Crippen LogP contribution in [0.5, 0.6) is 0 Å². The van der Waals surface area contributed by atoms with Gasteiger partial charge in [0.25, 0.3) is 0 Å². The molecule has 2 nitrogen and oxygen atoms in total. The van der Waals surface area contributed by atoms with Gasteiger partial charge in [0.1, 0.15) is 0 Å². The smallest absolute Gasteiger partial charge is 0.0812 e. The van der Waals surface area contributed by atoms with Crippen molar-refractivity contribution in [1.82, 2.24) is 0 Å². The average Bonchev–Trinajstić information content (AvgIpc) is 2.26. The normalized spacial score (nSPS) is 14.5. The van der Waals surface area contributed by atoms with Crippen LogP contribution in [-0.4, -0.2) is 16.8 Å². The molecule has 0 saturated carbocycles. The van der Waals surface area contributed by atoms with Crippen LogP contribution in [-0.2, 0) is 10.8 Å². The molecule has 0 amide bonds. The van der Waals surface area contributed by atoms with Crippen molar-refractivity contribution in [2.45, 2.75) is 64.9 Å². The molecule has 0 aliphatic heterocycles. The lowest BCUT2D eigenvalue weighted by atomic mass is 9.79. The molecule has 2 heteroatoms. The van der Waals surface area contributed by atoms with Crippen LogP contribution in [0.3, 0.4) is 0 Å². The van der Waals surface area contributed by atoms with Crippen molar-refractivity contribution in [3.63, 3.8) is 0 Å². The predicted octanol–water partition coefficient (Wildman–Crippen LogP) is 3.70. The molecule has 2 N–H and O–H groups in total. The Bertz CT molecular complexity index is 390. The van der Waals surface area contributed by atoms with E-state index in [1.54, 1.807) is 0 Å². The highest BCUT2D eigenvalue weighted by molar-refractivity contribution is 5.38. The summed E-state index contributed by atoms with van der Waals surface area (Å²) in [6.07, 6.45) is -0.203. The molecule has 0 aromatic heterocycles. The molecular formula is C17H28O2. The van der Waals surface area contributed by atoms with Gasteiger partial charge in [0.2, 0.25) is 0 Å². The van der Waals surface area contributed by atoms with E-state index in [1.165, 1.54) is 11.1 Å². The van der Waals surface area contributed by atoms with Gasteiger partial charge in [-0.15, -0.1) is 0 Å². The maximum atomic E-state index is 10.1. The molecule has 19 heavy (non-hydrogen) atoms. The monoisotopic (exact) mass is 264 g/mol. The molecule has 0 spiro atoms. The van der Waals surface area contributed by atoms with Crippen LogP contribution in [0.1, 0.15) is 70.8 Å². The van der Waals surface area contributed by atoms with E-state index in [1.807, 2.05) is 0 Å². The molecule has 0 fully saturated rings. The Morgan fingerprint density at radius 3 is 1.63 bits per heavy atom. The summed E-state index contributed by atoms with van der Waals surface area (Å²) in [5.41, 5.74) is 3.47. The first kappa shape index (κ1) is 16.2. The summed E-state index contributed by atoms with van der Waals surface area (Å²) in [5, 5.41) is 19.1. The third-order valence-electron chi connectivity index (χ3n) is 3.47. The highest BCUT2D eigenvalue weighted by Crippen LogP contribution is 2.32. The van der Waals surface area contributed by atoms with Gasteiger partial charge in [-0.2, -0.15) is 0 Å². The zero-order valence-corrected chi connectivity index (χ0v) is 13.1. The fraction of sp³-hybridized carbons (Fsp3) is 0.647. The van der Waals surface area contributed by atoms with Crippen molar-refractivity contribution in [2.75, 3.05) is 6.61 Å². The SMILES string of the molecule is CC(C)(C)c1cc(C(O)CCO)cc(C(C)(C)C)c1. The predicted molar refractivity (Wildman–Crippen MR) is 80.5 cm³/mol. The molecule has 1 aromatic carbocycles. The van der Waals surface area contributed by atoms with Gasteiger partial charge in [-0.05, 0) is 27.5 Å². The standard InChI is InChI=1S/C17H28O2/c1-16(2,3)13-9-12(15(19)7-8-18)10-14(11-13)17(4,5)6/h9-11,15,18-19H,7-8H2,1-6H3. The van der Waals surface area contributed by atoms with Gasteiger partial charge in [-0.1, -0.05) is 59.7 Å². The van der Waals surface area contributed by atoms with Crippen LogP contribution in [0, 0.1) is 0 Å². The van der Waals surface area contributed by atoms with E-state index in [0.29, 0.717) is 6.42 Å². The van der Waals surface area contributed by atoms with Crippen LogP contribution in [0.2, 0.25) is 0 Å². The van der Waals surface area contributed by atoms with E-state index in [2.05, 4.69) is 59.7 Å². The summed E-state index contributed by atoms with van der Waals surface area (Å²) in [7, 11) is 0. The summed E-state index contributed by atoms with van der Waals surface area (Å²) in [6.45, 7) is 13.1. The summed E-state index contributed by atoms with van der Waals surface area (Å²) < 4.78 is 0. The Morgan fingerprint density at radius 2 is 1.32 bits per heavy atom. The highest BCUT2D eigenvalue weighted by Gasteiger charge is 2.22. The molecule has 0 bridgehead atoms. The Hall–Kier alpha value is -0.860. The Kier molecular flexibility index (Phi) is 4.81. The van der Waals surface area contributed by atoms with E-state index >= 15 is 0 Å². The van der Waals surface area contributed by atoms with Crippen molar-refractivity contribution in [3.05, 3.63) is 34.9 Å². The van der Waals surface area contributed by atoms with Crippen LogP contribution in [0.25, 0.3) is 0 Å². The third kappa shape index (κ3) is 4.32. The minimum atomic E-state index is -0.589. The second-order valence-corrected chi connectivity index (χ2v) is 7.37. The molecule has 108 valence electrons. The molecule has 0 saturated heterocycles. The van der Waals surface area contributed by atoms with Gasteiger partial charge in [0.05, 0.1) is 6.10 Å². The fourth-order valence-electron chi connectivity index (χ4n) is 2.00. The third-order valence-corrected chi connectivity index (χ3v) is 3.47. The van der Waals surface area contributed by atoms with Crippen molar-refractivity contribution < 1.29 is 10.2 Å². The van der Waals surface area contributed by atoms with Crippen LogP contribution >= 0.6 is 0 Å². The molecule has 0 aliphatic carbocycles. The lowest BCUT2D eigenvalue weighted by molar-refractivity contribution is 0.134. The Balaban J connectivity index is 3.33. The van der Waals surface area contributed by atoms with Crippen LogP contribution < -0.4 is 0 Å². The minimum Gasteiger partial charge on any atom is -0.396 e. The number of benzene rings is 1. The molecule has 0 radical (unpaired) electrons. The highest BCUT2D eigenvalue weighted by atomic mass is 16.3. The number of aliphatic hydroxyl groups is 2. The van der Waals surface area contributed by atoms with Crippen molar-refractivity contribution in [3.8, 4) is 0 Å². The molecular weight excluding hydrogens is 236 g/mol. The first-order valence-corrected chi connectivity index (χ1v) is 7.00. The number of hydrogen-bond acceptors (Lipinski definition) is 2. The van der Waals surface area contributed by atoms with Gasteiger partial charge >= 0.3 is 0 Å². The Morgan fingerprint density at radius 1 is 0.895 bits per heavy atom. The molecule has 0 heterocycles. The van der Waals surface area contributed by atoms with Crippen LogP contribution in [0.15, 0.2) is 18.2 Å². The lowest BCUT2D eigenvalue weighted by Gasteiger charge is -2.27. The van der Waals surface area contributed by atoms with E-state index in [9.17, 15) is 5.11 Å². The first-order valence-electron chi connectivity index (χ1n) is 7.00. The molecule has 1 rings (SSSR count). The minimum absolute atomic E-state index is 0.00572. The molecule has 0 aliphatic rings. The quantitative estimate of drug-likeness (QED) is 0.874. The van der Waals surface area contributed by atoms with Gasteiger partial charge in [-0.25, -0.2) is 0 Å². The van der Waals surface area contributed by atoms with Crippen molar-refractivity contribution >= 4 is 0 Å². The summed E-state index contributed by atoms with van der Waals surface area (Å²) in [5.74, 6) is 0. The molecule has 1 unspecified atom stereocenters. The summed E-state index contributed by atoms with van der Waals surface area (Å²) in [4.78, 5) is 0. The maximum Gasteiger partial charge on any atom is 0.0812 e. The molecule has 1 atom stereocenters. The van der Waals surface area contributed by atoms with Crippen molar-refractivity contribution in [2.24, 2.45) is 0 Å². The second-order valence-electron chi connectivity index (χ2n) is 7.37. The van der Waals surface area contributed by atoms with Crippen LogP contribution in [0.4, 0.5) is 0 Å². The second kappa shape index (κ2) is 5.64. The number of rotatable bonds is 3. The zero-order valence-electron chi connectivity index (χ0n) is 13.1. The Labute approximate surface area is 117 Å². The largest absolute Gasteiger partial charge is 0.396 e. The van der Waals surface area contributed by atoms with Crippen molar-refractivity contribution in [1.29, 1.82) is 0 Å². The average molecular weight is 264 g/mol. The summed E-state index contributed by atoms with van der Waals surface area (Å²) in [6, 6.07) is 6.36. The summed E-state index contributed by atoms with van der Waals surface area (Å²) >= 11 is 0. The molecule has 1 aromatic rings. The fourth-order valence-corrected chi connectivity index (χ4v) is 2.00. The number of hydrogen-bond donors (Lipinski definition) is 2. The first-order chi connectivity index (χ1) is 8.55. The van der Waals surface area contributed by atoms with E-state index in [-0.39, 0.29) is 17.4 Å². The van der Waals surface area contributed by atoms with E-state index in [4.69, 9.17) is 5.11 Å². The van der Waals surface area contributed by atoms with E-state index in [0.717, 1.165) is 5.56 Å². The lowest BCUT2D eigenvalue weighted by Crippen LogP contribution is -2.18. The topological polar surface area (TPSA) is 40.5 Å². The number of aliphatic hydroxyl groups excluding tert-OH is 2. The van der Waals surface area contributed by atoms with Gasteiger partial charge in [-0.3, -0.25) is 0 Å².